The maximum absolute atomic E-state index is 15.4. The van der Waals surface area contributed by atoms with Crippen LogP contribution in [-0.4, -0.2) is 80.5 Å². The standard InChI is InChI=1S/C30H37F2N3O5/c1-6-17(2)15-35-28(40)25-29(35,5)30(31,32)16-34(25)27(39)24(37)22(14-20-10-8-7-9-11-20)33-26(38)21-12-18(3)13-23(36)19(21)4/h7-13,17,22,24-25,36-37H,6,14-16H2,1-5H3,(H,33,38)/t17-,22?,24-,25+,29?/m0/s1. The number of fused-ring (bicyclic) bond motifs is 1. The number of phenolic OH excluding ortho intramolecular Hbond substituents is 1. The number of benzene rings is 2. The van der Waals surface area contributed by atoms with Crippen LogP contribution in [0, 0.1) is 19.8 Å². The third-order valence-electron chi connectivity index (χ3n) is 8.51. The number of amides is 3. The molecule has 0 aliphatic carbocycles. The Labute approximate surface area is 233 Å². The Morgan fingerprint density at radius 2 is 1.82 bits per heavy atom. The number of carbonyl (C=O) groups excluding carboxylic acids is 3. The molecule has 2 saturated heterocycles. The monoisotopic (exact) mass is 557 g/mol. The van der Waals surface area contributed by atoms with E-state index in [0.29, 0.717) is 23.1 Å². The van der Waals surface area contributed by atoms with Crippen LogP contribution >= 0.6 is 0 Å². The first-order valence-corrected chi connectivity index (χ1v) is 13.6. The fourth-order valence-electron chi connectivity index (χ4n) is 5.70. The molecule has 2 aromatic carbocycles. The molecule has 0 bridgehead atoms. The smallest absolute Gasteiger partial charge is 0.290 e. The van der Waals surface area contributed by atoms with Crippen LogP contribution in [0.4, 0.5) is 8.78 Å². The lowest BCUT2D eigenvalue weighted by atomic mass is 9.77. The van der Waals surface area contributed by atoms with Crippen molar-refractivity contribution in [3.05, 3.63) is 64.7 Å². The Kier molecular flexibility index (Phi) is 7.95. The molecule has 2 aliphatic heterocycles. The van der Waals surface area contributed by atoms with Crippen LogP contribution < -0.4 is 5.32 Å². The van der Waals surface area contributed by atoms with Gasteiger partial charge < -0.3 is 25.3 Å². The van der Waals surface area contributed by atoms with Crippen molar-refractivity contribution in [2.24, 2.45) is 5.92 Å². The van der Waals surface area contributed by atoms with Gasteiger partial charge in [-0.1, -0.05) is 50.6 Å². The number of aliphatic hydroxyl groups excluding tert-OH is 1. The number of rotatable bonds is 9. The Bertz CT molecular complexity index is 1300. The highest BCUT2D eigenvalue weighted by atomic mass is 19.3. The number of hydrogen-bond acceptors (Lipinski definition) is 5. The predicted octanol–water partition coefficient (Wildman–Crippen LogP) is 3.20. The van der Waals surface area contributed by atoms with Gasteiger partial charge in [-0.25, -0.2) is 8.78 Å². The van der Waals surface area contributed by atoms with E-state index in [1.807, 2.05) is 13.8 Å². The maximum Gasteiger partial charge on any atom is 0.290 e. The first-order chi connectivity index (χ1) is 18.7. The highest BCUT2D eigenvalue weighted by Gasteiger charge is 2.77. The van der Waals surface area contributed by atoms with Gasteiger partial charge in [-0.15, -0.1) is 0 Å². The zero-order valence-corrected chi connectivity index (χ0v) is 23.4. The lowest BCUT2D eigenvalue weighted by Gasteiger charge is -2.55. The van der Waals surface area contributed by atoms with E-state index in [1.165, 1.54) is 13.0 Å². The molecule has 5 atom stereocenters. The second-order valence-corrected chi connectivity index (χ2v) is 11.4. The van der Waals surface area contributed by atoms with E-state index in [-0.39, 0.29) is 30.2 Å². The van der Waals surface area contributed by atoms with Gasteiger partial charge in [-0.3, -0.25) is 14.4 Å². The first kappa shape index (κ1) is 29.5. The first-order valence-electron chi connectivity index (χ1n) is 13.6. The fourth-order valence-corrected chi connectivity index (χ4v) is 5.70. The molecule has 2 aliphatic rings. The van der Waals surface area contributed by atoms with Gasteiger partial charge >= 0.3 is 0 Å². The van der Waals surface area contributed by atoms with Crippen molar-refractivity contribution in [1.82, 2.24) is 15.1 Å². The Hall–Kier alpha value is -3.53. The van der Waals surface area contributed by atoms with Gasteiger partial charge in [0, 0.05) is 17.7 Å². The molecule has 0 spiro atoms. The molecule has 0 aromatic heterocycles. The number of likely N-dealkylation sites (tertiary alicyclic amines) is 2. The van der Waals surface area contributed by atoms with E-state index < -0.39 is 53.9 Å². The third kappa shape index (κ3) is 4.93. The molecule has 2 aromatic rings. The number of nitrogens with zero attached hydrogens (tertiary/aromatic N) is 2. The zero-order valence-electron chi connectivity index (χ0n) is 23.4. The Morgan fingerprint density at radius 3 is 2.45 bits per heavy atom. The Balaban J connectivity index is 1.62. The lowest BCUT2D eigenvalue weighted by molar-refractivity contribution is -0.192. The van der Waals surface area contributed by atoms with Gasteiger partial charge in [0.15, 0.2) is 6.10 Å². The molecular formula is C30H37F2N3O5. The highest BCUT2D eigenvalue weighted by molar-refractivity contribution is 5.99. The summed E-state index contributed by atoms with van der Waals surface area (Å²) < 4.78 is 30.8. The number of aromatic hydroxyl groups is 1. The van der Waals surface area contributed by atoms with Gasteiger partial charge in [0.2, 0.25) is 5.91 Å². The van der Waals surface area contributed by atoms with Crippen molar-refractivity contribution in [3.8, 4) is 5.75 Å². The van der Waals surface area contributed by atoms with Crippen LogP contribution in [0.25, 0.3) is 0 Å². The minimum absolute atomic E-state index is 0.00264. The number of aliphatic hydroxyl groups is 1. The number of halogens is 2. The number of nitrogens with one attached hydrogen (secondary N) is 1. The van der Waals surface area contributed by atoms with Gasteiger partial charge in [0.1, 0.15) is 17.3 Å². The number of aryl methyl sites for hydroxylation is 1. The van der Waals surface area contributed by atoms with Crippen molar-refractivity contribution < 1.29 is 33.4 Å². The average Bonchev–Trinajstić information content (AvgIpc) is 3.11. The summed E-state index contributed by atoms with van der Waals surface area (Å²) >= 11 is 0. The molecule has 216 valence electrons. The van der Waals surface area contributed by atoms with Crippen LogP contribution in [0.5, 0.6) is 5.75 Å². The SMILES string of the molecule is CC[C@H](C)CN1C(=O)[C@H]2N(C(=O)[C@@H](O)C(Cc3ccccc3)NC(=O)c3cc(C)cc(O)c3C)CC(F)(F)C21C. The molecule has 8 nitrogen and oxygen atoms in total. The lowest BCUT2D eigenvalue weighted by Crippen LogP contribution is -2.79. The highest BCUT2D eigenvalue weighted by Crippen LogP contribution is 2.52. The van der Waals surface area contributed by atoms with E-state index in [1.54, 1.807) is 50.2 Å². The molecule has 3 N–H and O–H groups in total. The number of phenols is 1. The molecule has 2 fully saturated rings. The number of β-lactam (4-membered cyclic amide) rings is 1. The van der Waals surface area contributed by atoms with Crippen LogP contribution in [0.2, 0.25) is 0 Å². The molecule has 2 unspecified atom stereocenters. The number of hydrogen-bond donors (Lipinski definition) is 3. The number of carbonyl (C=O) groups is 3. The maximum atomic E-state index is 15.4. The molecule has 10 heteroatoms. The van der Waals surface area contributed by atoms with Gasteiger partial charge in [0.25, 0.3) is 17.7 Å². The number of alkyl halides is 2. The quantitative estimate of drug-likeness (QED) is 0.411. The Morgan fingerprint density at radius 1 is 1.18 bits per heavy atom. The van der Waals surface area contributed by atoms with E-state index in [9.17, 15) is 24.6 Å². The summed E-state index contributed by atoms with van der Waals surface area (Å²) in [6.45, 7) is 7.49. The summed E-state index contributed by atoms with van der Waals surface area (Å²) in [5, 5.41) is 24.1. The minimum atomic E-state index is -3.39. The van der Waals surface area contributed by atoms with Crippen LogP contribution in [0.3, 0.4) is 0 Å². The zero-order chi connectivity index (χ0) is 29.6. The van der Waals surface area contributed by atoms with Crippen LogP contribution in [0.15, 0.2) is 42.5 Å². The van der Waals surface area contributed by atoms with Crippen molar-refractivity contribution in [3.63, 3.8) is 0 Å². The molecule has 2 heterocycles. The summed E-state index contributed by atoms with van der Waals surface area (Å²) in [6.07, 6.45) is -1.18. The van der Waals surface area contributed by atoms with Crippen LogP contribution in [-0.2, 0) is 16.0 Å². The van der Waals surface area contributed by atoms with E-state index >= 15 is 8.78 Å². The summed E-state index contributed by atoms with van der Waals surface area (Å²) in [6, 6.07) is 9.30. The third-order valence-corrected chi connectivity index (χ3v) is 8.51. The summed E-state index contributed by atoms with van der Waals surface area (Å²) in [7, 11) is 0. The average molecular weight is 558 g/mol. The van der Waals surface area contributed by atoms with E-state index in [0.717, 1.165) is 9.80 Å². The van der Waals surface area contributed by atoms with Gasteiger partial charge in [-0.2, -0.15) is 0 Å². The molecule has 3 amide bonds. The van der Waals surface area contributed by atoms with E-state index in [4.69, 9.17) is 0 Å². The van der Waals surface area contributed by atoms with Crippen molar-refractivity contribution in [2.45, 2.75) is 77.1 Å². The molecule has 4 rings (SSSR count). The van der Waals surface area contributed by atoms with E-state index in [2.05, 4.69) is 5.32 Å². The predicted molar refractivity (Wildman–Crippen MR) is 145 cm³/mol. The van der Waals surface area contributed by atoms with Crippen molar-refractivity contribution in [1.29, 1.82) is 0 Å². The van der Waals surface area contributed by atoms with Gasteiger partial charge in [-0.05, 0) is 56.4 Å². The summed E-state index contributed by atoms with van der Waals surface area (Å²) in [4.78, 5) is 41.9. The normalized spacial score (nSPS) is 23.7. The second-order valence-electron chi connectivity index (χ2n) is 11.4. The van der Waals surface area contributed by atoms with Crippen molar-refractivity contribution >= 4 is 17.7 Å². The van der Waals surface area contributed by atoms with Gasteiger partial charge in [0.05, 0.1) is 12.6 Å². The summed E-state index contributed by atoms with van der Waals surface area (Å²) in [5.41, 5.74) is -0.0748. The molecule has 40 heavy (non-hydrogen) atoms. The summed E-state index contributed by atoms with van der Waals surface area (Å²) in [5.74, 6) is -5.72. The molecular weight excluding hydrogens is 520 g/mol. The van der Waals surface area contributed by atoms with Crippen molar-refractivity contribution in [2.75, 3.05) is 13.1 Å². The second kappa shape index (κ2) is 10.8. The largest absolute Gasteiger partial charge is 0.508 e. The topological polar surface area (TPSA) is 110 Å². The van der Waals surface area contributed by atoms with Crippen LogP contribution in [0.1, 0.15) is 54.2 Å². The molecule has 0 radical (unpaired) electrons. The minimum Gasteiger partial charge on any atom is -0.508 e. The molecule has 0 saturated carbocycles. The fraction of sp³-hybridized carbons (Fsp3) is 0.500.